The summed E-state index contributed by atoms with van der Waals surface area (Å²) in [6, 6.07) is 9.64. The fourth-order valence-electron chi connectivity index (χ4n) is 2.25. The first-order valence-electron chi connectivity index (χ1n) is 6.47. The Morgan fingerprint density at radius 2 is 2.10 bits per heavy atom. The van der Waals surface area contributed by atoms with Crippen LogP contribution in [0.1, 0.15) is 11.1 Å². The fourth-order valence-corrected chi connectivity index (χ4v) is 2.25. The maximum absolute atomic E-state index is 10.8. The standard InChI is InChI=1S/C16H13N3O2/c1-11-5-2-3-6-12(11)15-13(7-8-14(20)21)16-17-9-4-10-19(16)18-15/h2-10H,1H3,(H,20,21)/b8-7+. The lowest BCUT2D eigenvalue weighted by Gasteiger charge is -2.02. The molecule has 1 N–H and O–H groups in total. The van der Waals surface area contributed by atoms with E-state index in [1.165, 1.54) is 0 Å². The predicted molar refractivity (Wildman–Crippen MR) is 79.8 cm³/mol. The Balaban J connectivity index is 2.29. The monoisotopic (exact) mass is 279 g/mol. The van der Waals surface area contributed by atoms with Gasteiger partial charge in [0, 0.05) is 29.6 Å². The number of carbonyl (C=O) groups is 1. The Kier molecular flexibility index (Phi) is 3.23. The molecule has 0 aliphatic rings. The second-order valence-corrected chi connectivity index (χ2v) is 4.64. The second-order valence-electron chi connectivity index (χ2n) is 4.64. The van der Waals surface area contributed by atoms with Gasteiger partial charge in [0.15, 0.2) is 5.65 Å². The van der Waals surface area contributed by atoms with Crippen molar-refractivity contribution in [1.29, 1.82) is 0 Å². The zero-order chi connectivity index (χ0) is 14.8. The summed E-state index contributed by atoms with van der Waals surface area (Å²) in [6.07, 6.45) is 6.10. The number of carboxylic acid groups (broad SMARTS) is 1. The van der Waals surface area contributed by atoms with E-state index in [1.54, 1.807) is 29.1 Å². The van der Waals surface area contributed by atoms with Gasteiger partial charge in [-0.05, 0) is 24.6 Å². The summed E-state index contributed by atoms with van der Waals surface area (Å²) in [7, 11) is 0. The Morgan fingerprint density at radius 1 is 1.29 bits per heavy atom. The van der Waals surface area contributed by atoms with E-state index in [4.69, 9.17) is 5.11 Å². The van der Waals surface area contributed by atoms with Crippen LogP contribution in [0, 0.1) is 6.92 Å². The predicted octanol–water partition coefficient (Wildman–Crippen LogP) is 2.80. The molecule has 0 saturated carbocycles. The van der Waals surface area contributed by atoms with Crippen molar-refractivity contribution in [3.63, 3.8) is 0 Å². The zero-order valence-electron chi connectivity index (χ0n) is 11.4. The van der Waals surface area contributed by atoms with Gasteiger partial charge in [-0.15, -0.1) is 0 Å². The summed E-state index contributed by atoms with van der Waals surface area (Å²) >= 11 is 0. The lowest BCUT2D eigenvalue weighted by Crippen LogP contribution is -1.88. The lowest BCUT2D eigenvalue weighted by atomic mass is 10.0. The highest BCUT2D eigenvalue weighted by atomic mass is 16.4. The molecular formula is C16H13N3O2. The van der Waals surface area contributed by atoms with Gasteiger partial charge in [0.05, 0.1) is 0 Å². The van der Waals surface area contributed by atoms with Crippen LogP contribution in [0.15, 0.2) is 48.8 Å². The average Bonchev–Trinajstić information content (AvgIpc) is 2.84. The van der Waals surface area contributed by atoms with Crippen molar-refractivity contribution < 1.29 is 9.90 Å². The molecule has 3 rings (SSSR count). The summed E-state index contributed by atoms with van der Waals surface area (Å²) in [5, 5.41) is 13.4. The van der Waals surface area contributed by atoms with E-state index in [0.717, 1.165) is 22.9 Å². The number of aryl methyl sites for hydroxylation is 1. The Morgan fingerprint density at radius 3 is 2.86 bits per heavy atom. The van der Waals surface area contributed by atoms with Crippen molar-refractivity contribution in [3.8, 4) is 11.3 Å². The normalized spacial score (nSPS) is 11.3. The minimum absolute atomic E-state index is 0.633. The lowest BCUT2D eigenvalue weighted by molar-refractivity contribution is -0.131. The van der Waals surface area contributed by atoms with Gasteiger partial charge in [0.1, 0.15) is 5.69 Å². The van der Waals surface area contributed by atoms with E-state index >= 15 is 0 Å². The summed E-state index contributed by atoms with van der Waals surface area (Å²) in [6.45, 7) is 2.00. The second kappa shape index (κ2) is 5.20. The van der Waals surface area contributed by atoms with Crippen molar-refractivity contribution in [3.05, 3.63) is 59.9 Å². The van der Waals surface area contributed by atoms with Crippen molar-refractivity contribution in [2.45, 2.75) is 6.92 Å². The van der Waals surface area contributed by atoms with Crippen LogP contribution in [0.2, 0.25) is 0 Å². The molecule has 2 heterocycles. The molecule has 0 aliphatic heterocycles. The van der Waals surface area contributed by atoms with Gasteiger partial charge in [0.25, 0.3) is 0 Å². The zero-order valence-corrected chi connectivity index (χ0v) is 11.4. The number of benzene rings is 1. The van der Waals surface area contributed by atoms with Crippen LogP contribution in [0.3, 0.4) is 0 Å². The molecule has 0 amide bonds. The van der Waals surface area contributed by atoms with Crippen LogP contribution in [0.5, 0.6) is 0 Å². The van der Waals surface area contributed by atoms with Gasteiger partial charge in [-0.2, -0.15) is 5.10 Å². The molecule has 104 valence electrons. The maximum Gasteiger partial charge on any atom is 0.328 e. The fraction of sp³-hybridized carbons (Fsp3) is 0.0625. The number of aromatic nitrogens is 3. The van der Waals surface area contributed by atoms with Gasteiger partial charge in [0.2, 0.25) is 0 Å². The van der Waals surface area contributed by atoms with E-state index in [2.05, 4.69) is 10.1 Å². The van der Waals surface area contributed by atoms with Crippen molar-refractivity contribution >= 4 is 17.7 Å². The molecule has 0 radical (unpaired) electrons. The quantitative estimate of drug-likeness (QED) is 0.749. The molecule has 0 spiro atoms. The Labute approximate surface area is 121 Å². The molecule has 0 atom stereocenters. The summed E-state index contributed by atoms with van der Waals surface area (Å²) in [5.74, 6) is -0.999. The highest BCUT2D eigenvalue weighted by molar-refractivity contribution is 5.90. The van der Waals surface area contributed by atoms with Crippen LogP contribution < -0.4 is 0 Å². The molecule has 5 nitrogen and oxygen atoms in total. The van der Waals surface area contributed by atoms with Crippen molar-refractivity contribution in [2.75, 3.05) is 0 Å². The molecule has 5 heteroatoms. The van der Waals surface area contributed by atoms with Gasteiger partial charge in [-0.3, -0.25) is 0 Å². The van der Waals surface area contributed by atoms with E-state index in [0.29, 0.717) is 11.2 Å². The molecular weight excluding hydrogens is 266 g/mol. The largest absolute Gasteiger partial charge is 0.478 e. The minimum atomic E-state index is -0.999. The van der Waals surface area contributed by atoms with Crippen LogP contribution in [0.25, 0.3) is 23.0 Å². The number of fused-ring (bicyclic) bond motifs is 1. The van der Waals surface area contributed by atoms with Crippen LogP contribution >= 0.6 is 0 Å². The van der Waals surface area contributed by atoms with Crippen LogP contribution in [-0.2, 0) is 4.79 Å². The van der Waals surface area contributed by atoms with Crippen LogP contribution in [0.4, 0.5) is 0 Å². The molecule has 0 aliphatic carbocycles. The third-order valence-electron chi connectivity index (χ3n) is 3.22. The molecule has 1 aromatic carbocycles. The smallest absolute Gasteiger partial charge is 0.328 e. The van der Waals surface area contributed by atoms with Crippen molar-refractivity contribution in [1.82, 2.24) is 14.6 Å². The molecule has 0 unspecified atom stereocenters. The summed E-state index contributed by atoms with van der Waals surface area (Å²) in [4.78, 5) is 15.1. The first-order valence-corrected chi connectivity index (χ1v) is 6.47. The number of rotatable bonds is 3. The Hall–Kier alpha value is -2.95. The minimum Gasteiger partial charge on any atom is -0.478 e. The van der Waals surface area contributed by atoms with E-state index < -0.39 is 5.97 Å². The molecule has 0 bridgehead atoms. The number of nitrogens with zero attached hydrogens (tertiary/aromatic N) is 3. The highest BCUT2D eigenvalue weighted by Gasteiger charge is 2.14. The van der Waals surface area contributed by atoms with Crippen LogP contribution in [-0.4, -0.2) is 25.7 Å². The number of aliphatic carboxylic acids is 1. The maximum atomic E-state index is 10.8. The van der Waals surface area contributed by atoms with Crippen molar-refractivity contribution in [2.24, 2.45) is 0 Å². The highest BCUT2D eigenvalue weighted by Crippen LogP contribution is 2.28. The first kappa shape index (κ1) is 13.1. The summed E-state index contributed by atoms with van der Waals surface area (Å²) < 4.78 is 1.66. The van der Waals surface area contributed by atoms with Gasteiger partial charge < -0.3 is 5.11 Å². The SMILES string of the molecule is Cc1ccccc1-c1nn2cccnc2c1/C=C/C(=O)O. The molecule has 2 aromatic heterocycles. The van der Waals surface area contributed by atoms with E-state index in [-0.39, 0.29) is 0 Å². The number of carboxylic acids is 1. The number of hydrogen-bond donors (Lipinski definition) is 1. The topological polar surface area (TPSA) is 67.5 Å². The van der Waals surface area contributed by atoms with E-state index in [9.17, 15) is 4.79 Å². The molecule has 3 aromatic rings. The number of hydrogen-bond acceptors (Lipinski definition) is 3. The van der Waals surface area contributed by atoms with Gasteiger partial charge >= 0.3 is 5.97 Å². The first-order chi connectivity index (χ1) is 10.2. The summed E-state index contributed by atoms with van der Waals surface area (Å²) in [5.41, 5.74) is 4.10. The average molecular weight is 279 g/mol. The van der Waals surface area contributed by atoms with Gasteiger partial charge in [-0.25, -0.2) is 14.3 Å². The third-order valence-corrected chi connectivity index (χ3v) is 3.22. The molecule has 0 fully saturated rings. The van der Waals surface area contributed by atoms with E-state index in [1.807, 2.05) is 31.2 Å². The third kappa shape index (κ3) is 2.41. The molecule has 21 heavy (non-hydrogen) atoms. The van der Waals surface area contributed by atoms with Gasteiger partial charge in [-0.1, -0.05) is 24.3 Å². The Bertz CT molecular complexity index is 850. The molecule has 0 saturated heterocycles.